The number of nitrogens with one attached hydrogen (secondary N) is 1. The third-order valence-corrected chi connectivity index (χ3v) is 4.68. The lowest BCUT2D eigenvalue weighted by Crippen LogP contribution is -2.38. The van der Waals surface area contributed by atoms with Crippen molar-refractivity contribution in [1.29, 1.82) is 0 Å². The van der Waals surface area contributed by atoms with Crippen LogP contribution < -0.4 is 16.6 Å². The number of imidazole rings is 1. The van der Waals surface area contributed by atoms with Crippen LogP contribution in [0.3, 0.4) is 0 Å². The van der Waals surface area contributed by atoms with Crippen molar-refractivity contribution < 1.29 is 5.11 Å². The summed E-state index contributed by atoms with van der Waals surface area (Å²) in [4.78, 5) is 36.7. The second kappa shape index (κ2) is 7.32. The van der Waals surface area contributed by atoms with E-state index >= 15 is 0 Å². The molecular formula is C19H19N7O3. The van der Waals surface area contributed by atoms with E-state index in [2.05, 4.69) is 20.3 Å². The van der Waals surface area contributed by atoms with Crippen molar-refractivity contribution in [3.8, 4) is 11.3 Å². The molecule has 2 N–H and O–H groups in total. The summed E-state index contributed by atoms with van der Waals surface area (Å²) in [5, 5.41) is 13.4. The van der Waals surface area contributed by atoms with Gasteiger partial charge in [-0.15, -0.1) is 0 Å². The van der Waals surface area contributed by atoms with Gasteiger partial charge in [-0.25, -0.2) is 19.7 Å². The van der Waals surface area contributed by atoms with Crippen molar-refractivity contribution in [3.63, 3.8) is 0 Å². The molecule has 0 amide bonds. The predicted octanol–water partition coefficient (Wildman–Crippen LogP) is 0.321. The Hall–Kier alpha value is -3.79. The predicted molar refractivity (Wildman–Crippen MR) is 107 cm³/mol. The largest absolute Gasteiger partial charge is 0.372 e. The standard InChI is InChI=1S/C19H19N7O3/c1-24-17-16(18(28)25(2)19(24)29)26(11-22-17)9-15(27)23-13-5-3-12(4-6-13)14-7-8-20-10-21-14/h3-8,10-11,15,23,27H,9H2,1-2H3. The number of fused-ring (bicyclic) bond motifs is 1. The summed E-state index contributed by atoms with van der Waals surface area (Å²) in [6.45, 7) is 0.0810. The third-order valence-electron chi connectivity index (χ3n) is 4.68. The summed E-state index contributed by atoms with van der Waals surface area (Å²) < 4.78 is 3.86. The van der Waals surface area contributed by atoms with E-state index in [-0.39, 0.29) is 17.7 Å². The van der Waals surface area contributed by atoms with Gasteiger partial charge in [0.05, 0.1) is 18.6 Å². The van der Waals surface area contributed by atoms with Crippen molar-refractivity contribution >= 4 is 16.9 Å². The van der Waals surface area contributed by atoms with Gasteiger partial charge in [0.1, 0.15) is 12.6 Å². The molecule has 0 spiro atoms. The van der Waals surface area contributed by atoms with Crippen LogP contribution in [-0.2, 0) is 20.6 Å². The first-order valence-corrected chi connectivity index (χ1v) is 8.87. The Morgan fingerprint density at radius 2 is 1.83 bits per heavy atom. The van der Waals surface area contributed by atoms with Crippen LogP contribution in [0.1, 0.15) is 0 Å². The molecular weight excluding hydrogens is 374 g/mol. The molecule has 10 heteroatoms. The second-order valence-corrected chi connectivity index (χ2v) is 6.61. The van der Waals surface area contributed by atoms with Gasteiger partial charge in [-0.1, -0.05) is 12.1 Å². The molecule has 148 valence electrons. The van der Waals surface area contributed by atoms with Gasteiger partial charge >= 0.3 is 5.69 Å². The molecule has 3 heterocycles. The van der Waals surface area contributed by atoms with Gasteiger partial charge in [0.15, 0.2) is 11.2 Å². The Morgan fingerprint density at radius 1 is 1.07 bits per heavy atom. The maximum atomic E-state index is 12.5. The molecule has 1 unspecified atom stereocenters. The van der Waals surface area contributed by atoms with Gasteiger partial charge in [-0.05, 0) is 18.2 Å². The fraction of sp³-hybridized carbons (Fsp3) is 0.211. The van der Waals surface area contributed by atoms with E-state index in [9.17, 15) is 14.7 Å². The van der Waals surface area contributed by atoms with Crippen LogP contribution in [0.2, 0.25) is 0 Å². The maximum Gasteiger partial charge on any atom is 0.332 e. The molecule has 1 atom stereocenters. The van der Waals surface area contributed by atoms with Gasteiger partial charge in [0.2, 0.25) is 0 Å². The van der Waals surface area contributed by atoms with E-state index in [4.69, 9.17) is 0 Å². The van der Waals surface area contributed by atoms with Crippen molar-refractivity contribution in [2.45, 2.75) is 12.8 Å². The number of aliphatic hydroxyl groups is 1. The van der Waals surface area contributed by atoms with Gasteiger partial charge in [0, 0.05) is 31.5 Å². The highest BCUT2D eigenvalue weighted by molar-refractivity contribution is 5.70. The van der Waals surface area contributed by atoms with Crippen LogP contribution in [0.5, 0.6) is 0 Å². The minimum absolute atomic E-state index is 0.0810. The molecule has 0 bridgehead atoms. The molecule has 0 aliphatic carbocycles. The van der Waals surface area contributed by atoms with Crippen LogP contribution in [0.15, 0.2) is 58.8 Å². The zero-order valence-electron chi connectivity index (χ0n) is 15.9. The van der Waals surface area contributed by atoms with Crippen molar-refractivity contribution in [2.75, 3.05) is 5.32 Å². The zero-order valence-corrected chi connectivity index (χ0v) is 15.9. The summed E-state index contributed by atoms with van der Waals surface area (Å²) >= 11 is 0. The molecule has 4 aromatic rings. The fourth-order valence-corrected chi connectivity index (χ4v) is 3.16. The minimum Gasteiger partial charge on any atom is -0.372 e. The number of hydrogen-bond acceptors (Lipinski definition) is 7. The summed E-state index contributed by atoms with van der Waals surface area (Å²) in [5.41, 5.74) is 2.07. The first kappa shape index (κ1) is 18.6. The summed E-state index contributed by atoms with van der Waals surface area (Å²) in [6, 6.07) is 9.24. The first-order chi connectivity index (χ1) is 14.0. The molecule has 0 radical (unpaired) electrons. The average Bonchev–Trinajstić information content (AvgIpc) is 3.15. The fourth-order valence-electron chi connectivity index (χ4n) is 3.16. The SMILES string of the molecule is Cn1c(=O)c2c(ncn2CC(O)Nc2ccc(-c3ccncn3)cc2)n(C)c1=O. The van der Waals surface area contributed by atoms with Gasteiger partial charge in [-0.2, -0.15) is 0 Å². The zero-order chi connectivity index (χ0) is 20.5. The number of rotatable bonds is 5. The van der Waals surface area contributed by atoms with Crippen LogP contribution in [0.4, 0.5) is 5.69 Å². The Kier molecular flexibility index (Phi) is 4.69. The molecule has 0 aliphatic heterocycles. The molecule has 1 aromatic carbocycles. The monoisotopic (exact) mass is 393 g/mol. The number of anilines is 1. The molecule has 3 aromatic heterocycles. The molecule has 29 heavy (non-hydrogen) atoms. The highest BCUT2D eigenvalue weighted by Gasteiger charge is 2.16. The Balaban J connectivity index is 1.54. The second-order valence-electron chi connectivity index (χ2n) is 6.61. The topological polar surface area (TPSA) is 120 Å². The molecule has 4 rings (SSSR count). The lowest BCUT2D eigenvalue weighted by Gasteiger charge is -2.15. The number of nitrogens with zero attached hydrogens (tertiary/aromatic N) is 6. The first-order valence-electron chi connectivity index (χ1n) is 8.87. The number of aromatic nitrogens is 6. The Morgan fingerprint density at radius 3 is 2.52 bits per heavy atom. The van der Waals surface area contributed by atoms with E-state index < -0.39 is 17.5 Å². The molecule has 0 saturated carbocycles. The number of aryl methyl sites for hydroxylation is 1. The minimum atomic E-state index is -0.973. The Bertz CT molecular complexity index is 1270. The van der Waals surface area contributed by atoms with Crippen LogP contribution >= 0.6 is 0 Å². The highest BCUT2D eigenvalue weighted by atomic mass is 16.3. The lowest BCUT2D eigenvalue weighted by molar-refractivity contribution is 0.183. The lowest BCUT2D eigenvalue weighted by atomic mass is 10.1. The van der Waals surface area contributed by atoms with E-state index in [0.29, 0.717) is 5.69 Å². The smallest absolute Gasteiger partial charge is 0.332 e. The van der Waals surface area contributed by atoms with Crippen LogP contribution in [0, 0.1) is 0 Å². The number of benzene rings is 1. The summed E-state index contributed by atoms with van der Waals surface area (Å²) in [6.07, 6.45) is 3.63. The normalized spacial score (nSPS) is 12.2. The Labute approximate surface area is 164 Å². The molecule has 0 saturated heterocycles. The van der Waals surface area contributed by atoms with E-state index in [1.54, 1.807) is 13.2 Å². The average molecular weight is 393 g/mol. The molecule has 0 fully saturated rings. The number of hydrogen-bond donors (Lipinski definition) is 2. The molecule has 10 nitrogen and oxygen atoms in total. The maximum absolute atomic E-state index is 12.5. The highest BCUT2D eigenvalue weighted by Crippen LogP contribution is 2.19. The van der Waals surface area contributed by atoms with E-state index in [0.717, 1.165) is 15.8 Å². The van der Waals surface area contributed by atoms with E-state index in [1.165, 1.54) is 28.8 Å². The summed E-state index contributed by atoms with van der Waals surface area (Å²) in [7, 11) is 2.96. The van der Waals surface area contributed by atoms with Gasteiger partial charge < -0.3 is 15.0 Å². The van der Waals surface area contributed by atoms with Crippen LogP contribution in [-0.4, -0.2) is 40.0 Å². The van der Waals surface area contributed by atoms with Crippen molar-refractivity contribution in [1.82, 2.24) is 28.7 Å². The van der Waals surface area contributed by atoms with Gasteiger partial charge in [0.25, 0.3) is 5.56 Å². The van der Waals surface area contributed by atoms with Crippen molar-refractivity contribution in [2.24, 2.45) is 14.1 Å². The van der Waals surface area contributed by atoms with Crippen molar-refractivity contribution in [3.05, 3.63) is 70.0 Å². The van der Waals surface area contributed by atoms with E-state index in [1.807, 2.05) is 30.3 Å². The van der Waals surface area contributed by atoms with Crippen LogP contribution in [0.25, 0.3) is 22.4 Å². The quantitative estimate of drug-likeness (QED) is 0.469. The third kappa shape index (κ3) is 3.41. The summed E-state index contributed by atoms with van der Waals surface area (Å²) in [5.74, 6) is 0. The molecule has 0 aliphatic rings. The van der Waals surface area contributed by atoms with Gasteiger partial charge in [-0.3, -0.25) is 13.9 Å². The number of aliphatic hydroxyl groups excluding tert-OH is 1.